The summed E-state index contributed by atoms with van der Waals surface area (Å²) in [5, 5.41) is 28.1. The number of esters is 3. The van der Waals surface area contributed by atoms with Crippen LogP contribution in [0.2, 0.25) is 0 Å². The maximum Gasteiger partial charge on any atom is 0.327 e. The van der Waals surface area contributed by atoms with Crippen LogP contribution in [0.1, 0.15) is 265 Å². The van der Waals surface area contributed by atoms with Gasteiger partial charge < -0.3 is 43.7 Å². The Kier molecular flexibility index (Phi) is 42.3. The molecule has 0 aromatic heterocycles. The van der Waals surface area contributed by atoms with E-state index < -0.39 is 23.0 Å². The van der Waals surface area contributed by atoms with Crippen LogP contribution in [0.5, 0.6) is 0 Å². The summed E-state index contributed by atoms with van der Waals surface area (Å²) in [6, 6.07) is 0. The van der Waals surface area contributed by atoms with Crippen molar-refractivity contribution in [2.24, 2.45) is 5.41 Å². The molecule has 0 radical (unpaired) electrons. The fourth-order valence-corrected chi connectivity index (χ4v) is 10.7. The number of hydrogen-bond donors (Lipinski definition) is 3. The van der Waals surface area contributed by atoms with E-state index >= 15 is 0 Å². The van der Waals surface area contributed by atoms with Crippen LogP contribution in [0, 0.1) is 5.41 Å². The number of aliphatic hydroxyl groups is 3. The average molecular weight is 1060 g/mol. The van der Waals surface area contributed by atoms with Crippen molar-refractivity contribution in [3.05, 3.63) is 36.0 Å². The standard InChI is InChI=1S/C63H112O12/c1-4-7-10-28-37-56(70-50-47-64)39-31-21-17-13-14-19-23-33-42-59(67)75-62(45-34-25-20-16-15-18-22-32-40-57(71-51-48-65)38-29-11-8-5-2)53-73-60(68)63(61(69)74-54-62)46-35-26-24-27-36-55(63)43-44-58(72-52-49-66)41-30-12-9-6-3/h21-22,31-32,43,56-58,64-66H,4-20,23-30,33-42,44-54H2,1-3H3/b31-21-,32-22-,55-43+. The van der Waals surface area contributed by atoms with Crippen molar-refractivity contribution in [2.75, 3.05) is 52.9 Å². The van der Waals surface area contributed by atoms with E-state index in [1.165, 1.54) is 38.5 Å². The zero-order chi connectivity index (χ0) is 54.3. The van der Waals surface area contributed by atoms with E-state index in [4.69, 9.17) is 28.4 Å². The average Bonchev–Trinajstić information content (AvgIpc) is 3.40. The summed E-state index contributed by atoms with van der Waals surface area (Å²) in [7, 11) is 0. The lowest BCUT2D eigenvalue weighted by atomic mass is 9.71. The molecule has 0 aromatic carbocycles. The van der Waals surface area contributed by atoms with Crippen molar-refractivity contribution >= 4 is 17.9 Å². The normalized spacial score (nSPS) is 20.5. The molecular formula is C63H112O12. The Bertz CT molecular complexity index is 1470. The van der Waals surface area contributed by atoms with Crippen molar-refractivity contribution in [1.29, 1.82) is 0 Å². The maximum absolute atomic E-state index is 14.6. The molecule has 1 aliphatic carbocycles. The lowest BCUT2D eigenvalue weighted by molar-refractivity contribution is -0.203. The van der Waals surface area contributed by atoms with Gasteiger partial charge in [-0.3, -0.25) is 14.4 Å². The van der Waals surface area contributed by atoms with Gasteiger partial charge in [0.15, 0.2) is 11.0 Å². The predicted molar refractivity (Wildman–Crippen MR) is 302 cm³/mol. The monoisotopic (exact) mass is 1060 g/mol. The smallest absolute Gasteiger partial charge is 0.327 e. The first-order chi connectivity index (χ1) is 36.7. The molecule has 75 heavy (non-hydrogen) atoms. The summed E-state index contributed by atoms with van der Waals surface area (Å²) in [5.41, 5.74) is -2.09. The molecule has 1 saturated carbocycles. The Labute approximate surface area is 457 Å². The number of ether oxygens (including phenoxy) is 6. The van der Waals surface area contributed by atoms with Gasteiger partial charge in [-0.1, -0.05) is 186 Å². The number of carbonyl (C=O) groups excluding carboxylic acids is 3. The van der Waals surface area contributed by atoms with Crippen molar-refractivity contribution in [1.82, 2.24) is 0 Å². The number of carbonyl (C=O) groups is 3. The van der Waals surface area contributed by atoms with Crippen LogP contribution >= 0.6 is 0 Å². The van der Waals surface area contributed by atoms with Gasteiger partial charge in [-0.15, -0.1) is 0 Å². The van der Waals surface area contributed by atoms with Gasteiger partial charge in [-0.05, 0) is 108 Å². The summed E-state index contributed by atoms with van der Waals surface area (Å²) >= 11 is 0. The number of hydrogen-bond acceptors (Lipinski definition) is 12. The Hall–Kier alpha value is -2.61. The lowest BCUT2D eigenvalue weighted by Gasteiger charge is -2.40. The number of rotatable bonds is 47. The van der Waals surface area contributed by atoms with Gasteiger partial charge in [-0.2, -0.15) is 0 Å². The lowest BCUT2D eigenvalue weighted by Crippen LogP contribution is -2.53. The van der Waals surface area contributed by atoms with Crippen LogP contribution in [0.4, 0.5) is 0 Å². The molecule has 1 saturated heterocycles. The summed E-state index contributed by atoms with van der Waals surface area (Å²) in [4.78, 5) is 42.9. The van der Waals surface area contributed by atoms with Crippen molar-refractivity contribution in [3.8, 4) is 0 Å². The largest absolute Gasteiger partial charge is 0.460 e. The second-order valence-electron chi connectivity index (χ2n) is 21.8. The summed E-state index contributed by atoms with van der Waals surface area (Å²) in [6.07, 6.45) is 46.8. The Morgan fingerprint density at radius 2 is 0.973 bits per heavy atom. The van der Waals surface area contributed by atoms with Gasteiger partial charge in [0.1, 0.15) is 13.2 Å². The molecule has 0 aromatic rings. The highest BCUT2D eigenvalue weighted by molar-refractivity contribution is 6.03. The molecule has 3 atom stereocenters. The molecule has 12 nitrogen and oxygen atoms in total. The van der Waals surface area contributed by atoms with Gasteiger partial charge in [0.25, 0.3) is 0 Å². The summed E-state index contributed by atoms with van der Waals surface area (Å²) in [5.74, 6) is -1.58. The molecule has 2 fully saturated rings. The fraction of sp³-hybridized carbons (Fsp3) is 0.857. The number of allylic oxidation sites excluding steroid dienone is 2. The predicted octanol–water partition coefficient (Wildman–Crippen LogP) is 14.4. The second-order valence-corrected chi connectivity index (χ2v) is 21.8. The van der Waals surface area contributed by atoms with Crippen molar-refractivity contribution in [2.45, 2.75) is 289 Å². The molecule has 2 rings (SSSR count). The molecule has 1 spiro atoms. The van der Waals surface area contributed by atoms with E-state index in [1.807, 2.05) is 6.08 Å². The van der Waals surface area contributed by atoms with Crippen molar-refractivity contribution < 1.29 is 58.1 Å². The first-order valence-electron chi connectivity index (χ1n) is 31.0. The molecular weight excluding hydrogens is 949 g/mol. The van der Waals surface area contributed by atoms with E-state index in [9.17, 15) is 29.7 Å². The number of aliphatic hydroxyl groups excluding tert-OH is 3. The third-order valence-electron chi connectivity index (χ3n) is 15.2. The van der Waals surface area contributed by atoms with E-state index in [2.05, 4.69) is 45.1 Å². The van der Waals surface area contributed by atoms with Gasteiger partial charge in [0.05, 0.1) is 58.0 Å². The SMILES string of the molecule is CCCCCCC(C/C=C\CCCCCCCC(=O)OC1(CCCCCCC/C=C\CC(CCCCCC)OCCO)COC(=O)C2(CCCCCC/C2=C\CC(CCCCCC)OCCO)C(=O)OC1)OCCO. The first-order valence-corrected chi connectivity index (χ1v) is 31.0. The quantitative estimate of drug-likeness (QED) is 0.0174. The molecule has 12 heteroatoms. The maximum atomic E-state index is 14.6. The minimum Gasteiger partial charge on any atom is -0.460 e. The van der Waals surface area contributed by atoms with Crippen LogP contribution in [-0.4, -0.2) is 110 Å². The van der Waals surface area contributed by atoms with E-state index in [0.717, 1.165) is 166 Å². The van der Waals surface area contributed by atoms with Gasteiger partial charge in [0.2, 0.25) is 0 Å². The summed E-state index contributed by atoms with van der Waals surface area (Å²) < 4.78 is 36.7. The number of unbranched alkanes of at least 4 members (excludes halogenated alkanes) is 19. The van der Waals surface area contributed by atoms with Crippen LogP contribution in [0.3, 0.4) is 0 Å². The van der Waals surface area contributed by atoms with Gasteiger partial charge in [-0.25, -0.2) is 0 Å². The molecule has 2 aliphatic rings. The Morgan fingerprint density at radius 3 is 1.47 bits per heavy atom. The van der Waals surface area contributed by atoms with Crippen LogP contribution in [0.15, 0.2) is 36.0 Å². The van der Waals surface area contributed by atoms with Gasteiger partial charge in [0, 0.05) is 6.42 Å². The fourth-order valence-electron chi connectivity index (χ4n) is 10.7. The topological polar surface area (TPSA) is 167 Å². The summed E-state index contributed by atoms with van der Waals surface area (Å²) in [6.45, 7) is 7.33. The third-order valence-corrected chi connectivity index (χ3v) is 15.2. The second kappa shape index (κ2) is 46.3. The van der Waals surface area contributed by atoms with Crippen LogP contribution < -0.4 is 0 Å². The number of cyclic esters (lactones) is 2. The Balaban J connectivity index is 2.09. The highest BCUT2D eigenvalue weighted by atomic mass is 16.6. The van der Waals surface area contributed by atoms with E-state index in [1.54, 1.807) is 0 Å². The highest BCUT2D eigenvalue weighted by Crippen LogP contribution is 2.44. The molecule has 436 valence electrons. The molecule has 1 aliphatic heterocycles. The zero-order valence-corrected chi connectivity index (χ0v) is 48.2. The van der Waals surface area contributed by atoms with Crippen molar-refractivity contribution in [3.63, 3.8) is 0 Å². The molecule has 0 bridgehead atoms. The van der Waals surface area contributed by atoms with Crippen LogP contribution in [0.25, 0.3) is 0 Å². The minimum absolute atomic E-state index is 0.0452. The highest BCUT2D eigenvalue weighted by Gasteiger charge is 2.55. The minimum atomic E-state index is -1.56. The first kappa shape index (κ1) is 68.5. The van der Waals surface area contributed by atoms with E-state index in [0.29, 0.717) is 51.7 Å². The van der Waals surface area contributed by atoms with Gasteiger partial charge >= 0.3 is 17.9 Å². The Morgan fingerprint density at radius 1 is 0.533 bits per heavy atom. The third kappa shape index (κ3) is 31.5. The zero-order valence-electron chi connectivity index (χ0n) is 48.2. The van der Waals surface area contributed by atoms with Crippen LogP contribution in [-0.2, 0) is 42.8 Å². The molecule has 1 heterocycles. The molecule has 0 amide bonds. The molecule has 3 N–H and O–H groups in total. The molecule has 3 unspecified atom stereocenters. The van der Waals surface area contributed by atoms with E-state index in [-0.39, 0.29) is 70.3 Å².